The lowest BCUT2D eigenvalue weighted by Gasteiger charge is -2.46. The predicted octanol–water partition coefficient (Wildman–Crippen LogP) is 3.22. The summed E-state index contributed by atoms with van der Waals surface area (Å²) in [5.41, 5.74) is 3.96. The number of alkyl carbamates (subject to hydrolysis) is 1. The second-order valence-corrected chi connectivity index (χ2v) is 13.6. The molecule has 3 atom stereocenters. The Bertz CT molecular complexity index is 2160. The van der Waals surface area contributed by atoms with Crippen LogP contribution in [0.15, 0.2) is 66.7 Å². The molecule has 2 aliphatic heterocycles. The summed E-state index contributed by atoms with van der Waals surface area (Å²) in [5, 5.41) is 11.3. The number of ether oxygens (including phenoxy) is 4. The van der Waals surface area contributed by atoms with E-state index in [0.29, 0.717) is 24.5 Å². The molecule has 0 bridgehead atoms. The Balaban J connectivity index is 1.03. The number of carbonyl (C=O) groups excluding carboxylic acids is 6. The van der Waals surface area contributed by atoms with Crippen molar-refractivity contribution in [3.05, 3.63) is 83.7 Å². The molecule has 3 aromatic carbocycles. The Morgan fingerprint density at radius 1 is 0.983 bits per heavy atom. The molecule has 306 valence electrons. The van der Waals surface area contributed by atoms with Crippen molar-refractivity contribution in [1.82, 2.24) is 31.2 Å². The number of amides is 5. The van der Waals surface area contributed by atoms with Gasteiger partial charge in [0.25, 0.3) is 5.91 Å². The Morgan fingerprint density at radius 3 is 2.57 bits per heavy atom. The van der Waals surface area contributed by atoms with E-state index in [1.165, 1.54) is 12.1 Å². The number of hydrogen-bond acceptors (Lipinski definition) is 10. The molecule has 3 heterocycles. The largest absolute Gasteiger partial charge is 0.488 e. The smallest absolute Gasteiger partial charge is 0.407 e. The van der Waals surface area contributed by atoms with Crippen LogP contribution >= 0.6 is 0 Å². The molecule has 0 saturated carbocycles. The molecule has 2 aliphatic rings. The Morgan fingerprint density at radius 2 is 1.79 bits per heavy atom. The number of likely N-dealkylation sites (N-methyl/N-ethyl adjacent to an activating group) is 1. The zero-order valence-corrected chi connectivity index (χ0v) is 32.1. The lowest BCUT2D eigenvalue weighted by Crippen LogP contribution is -2.72. The van der Waals surface area contributed by atoms with Crippen LogP contribution in [0.3, 0.4) is 0 Å². The molecule has 0 spiro atoms. The summed E-state index contributed by atoms with van der Waals surface area (Å²) in [7, 11) is 0. The van der Waals surface area contributed by atoms with Crippen molar-refractivity contribution in [2.45, 2.75) is 64.4 Å². The summed E-state index contributed by atoms with van der Waals surface area (Å²) in [5.74, 6) is -2.53. The molecular formula is C41H45FN6O10. The van der Waals surface area contributed by atoms with E-state index in [1.807, 2.05) is 30.3 Å². The van der Waals surface area contributed by atoms with E-state index in [4.69, 9.17) is 18.9 Å². The molecular weight excluding hydrogens is 755 g/mol. The Hall–Kier alpha value is -6.65. The minimum atomic E-state index is -1.16. The fraction of sp³-hybridized carbons (Fsp3) is 0.366. The normalized spacial score (nSPS) is 15.8. The number of fused-ring (bicyclic) bond motifs is 5. The van der Waals surface area contributed by atoms with Gasteiger partial charge in [0.05, 0.1) is 18.3 Å². The first kappa shape index (κ1) is 41.0. The van der Waals surface area contributed by atoms with Crippen molar-refractivity contribution in [2.24, 2.45) is 0 Å². The van der Waals surface area contributed by atoms with Crippen LogP contribution in [-0.2, 0) is 46.7 Å². The summed E-state index contributed by atoms with van der Waals surface area (Å²) < 4.78 is 35.8. The predicted molar refractivity (Wildman–Crippen MR) is 207 cm³/mol. The highest BCUT2D eigenvalue weighted by Crippen LogP contribution is 2.42. The van der Waals surface area contributed by atoms with Gasteiger partial charge in [-0.3, -0.25) is 24.0 Å². The monoisotopic (exact) mass is 800 g/mol. The van der Waals surface area contributed by atoms with Crippen molar-refractivity contribution in [2.75, 3.05) is 32.8 Å². The number of H-pyrrole nitrogens is 1. The van der Waals surface area contributed by atoms with Crippen LogP contribution < -0.4 is 30.7 Å². The van der Waals surface area contributed by atoms with Gasteiger partial charge in [-0.2, -0.15) is 0 Å². The van der Waals surface area contributed by atoms with Gasteiger partial charge in [-0.15, -0.1) is 0 Å². The molecule has 6 rings (SSSR count). The van der Waals surface area contributed by atoms with Gasteiger partial charge in [0.1, 0.15) is 49.2 Å². The second kappa shape index (κ2) is 19.0. The third-order valence-corrected chi connectivity index (χ3v) is 9.64. The van der Waals surface area contributed by atoms with Gasteiger partial charge in [0, 0.05) is 47.6 Å². The van der Waals surface area contributed by atoms with E-state index in [1.54, 1.807) is 38.1 Å². The number of aromatic nitrogens is 1. The minimum Gasteiger partial charge on any atom is -0.488 e. The molecule has 4 aromatic rings. The van der Waals surface area contributed by atoms with Crippen LogP contribution in [0.1, 0.15) is 44.2 Å². The molecule has 16 nitrogen and oxygen atoms in total. The van der Waals surface area contributed by atoms with E-state index in [0.717, 1.165) is 38.2 Å². The van der Waals surface area contributed by atoms with E-state index in [9.17, 15) is 33.2 Å². The first-order chi connectivity index (χ1) is 28.0. The van der Waals surface area contributed by atoms with Crippen LogP contribution in [0.5, 0.6) is 11.5 Å². The first-order valence-corrected chi connectivity index (χ1v) is 19.0. The highest BCUT2D eigenvalue weighted by molar-refractivity contribution is 5.98. The van der Waals surface area contributed by atoms with E-state index in [-0.39, 0.29) is 45.0 Å². The van der Waals surface area contributed by atoms with Crippen LogP contribution in [-0.4, -0.2) is 96.5 Å². The lowest BCUT2D eigenvalue weighted by atomic mass is 9.91. The molecule has 58 heavy (non-hydrogen) atoms. The number of nitrogens with one attached hydrogen (secondary N) is 5. The molecule has 5 amide bonds. The number of halogens is 1. The topological polar surface area (TPSA) is 206 Å². The number of carbonyl (C=O) groups is 6. The third kappa shape index (κ3) is 10.0. The zero-order chi connectivity index (χ0) is 41.2. The number of esters is 1. The van der Waals surface area contributed by atoms with Crippen LogP contribution in [0.4, 0.5) is 9.18 Å². The molecule has 0 radical (unpaired) electrons. The quantitative estimate of drug-likeness (QED) is 0.0565. The van der Waals surface area contributed by atoms with Crippen molar-refractivity contribution < 1.29 is 52.1 Å². The van der Waals surface area contributed by atoms with E-state index < -0.39 is 67.0 Å². The number of benzene rings is 3. The molecule has 1 aromatic heterocycles. The SMILES string of the molecule is CCNC(=O)C(CCCNC(=O)OCc1ccccc1)NC(=O)CC1C(NC(=O)COc2ccc3c(c2)OCc2c-3[nH]c3ccc(F)cc23)C(=O)N1CC(=O)OCC. The standard InChI is InChI=1S/C41H45FN6O10/c1-3-43-39(52)31(11-8-16-44-41(54)58-21-24-9-6-5-7-10-24)45-34(49)19-32-38(40(53)48(32)20-36(51)55-4-2)47-35(50)23-56-26-13-14-27-33(18-26)57-22-29-28-17-25(42)12-15-30(28)46-37(27)29/h5-7,9-10,12-15,17-18,31-32,38,46H,3-4,8,11,16,19-23H2,1-2H3,(H,43,52)(H,44,54)(H,45,49)(H,47,50). The van der Waals surface area contributed by atoms with Crippen LogP contribution in [0, 0.1) is 5.82 Å². The molecule has 1 saturated heterocycles. The fourth-order valence-electron chi connectivity index (χ4n) is 6.84. The summed E-state index contributed by atoms with van der Waals surface area (Å²) >= 11 is 0. The van der Waals surface area contributed by atoms with Gasteiger partial charge < -0.3 is 50.1 Å². The van der Waals surface area contributed by atoms with Gasteiger partial charge in [0.2, 0.25) is 17.7 Å². The van der Waals surface area contributed by atoms with Gasteiger partial charge >= 0.3 is 12.1 Å². The van der Waals surface area contributed by atoms with Crippen LogP contribution in [0.25, 0.3) is 22.2 Å². The molecule has 1 fully saturated rings. The summed E-state index contributed by atoms with van der Waals surface area (Å²) in [6, 6.07) is 15.6. The number of nitrogens with zero attached hydrogens (tertiary/aromatic N) is 1. The van der Waals surface area contributed by atoms with Crippen molar-refractivity contribution in [1.29, 1.82) is 0 Å². The highest BCUT2D eigenvalue weighted by atomic mass is 19.1. The number of hydrogen-bond donors (Lipinski definition) is 5. The number of rotatable bonds is 18. The summed E-state index contributed by atoms with van der Waals surface area (Å²) in [6.07, 6.45) is -0.486. The maximum absolute atomic E-state index is 13.9. The first-order valence-electron chi connectivity index (χ1n) is 19.0. The van der Waals surface area contributed by atoms with Crippen molar-refractivity contribution >= 4 is 46.6 Å². The highest BCUT2D eigenvalue weighted by Gasteiger charge is 2.50. The fourth-order valence-corrected chi connectivity index (χ4v) is 6.84. The number of β-lactam (4-membered cyclic amide) rings is 1. The minimum absolute atomic E-state index is 0.0774. The van der Waals surface area contributed by atoms with Crippen LogP contribution in [0.2, 0.25) is 0 Å². The van der Waals surface area contributed by atoms with Gasteiger partial charge in [-0.05, 0) is 62.6 Å². The molecule has 0 aliphatic carbocycles. The van der Waals surface area contributed by atoms with E-state index in [2.05, 4.69) is 26.3 Å². The lowest BCUT2D eigenvalue weighted by molar-refractivity contribution is -0.163. The number of likely N-dealkylation sites (tertiary alicyclic amines) is 1. The van der Waals surface area contributed by atoms with Crippen molar-refractivity contribution in [3.63, 3.8) is 0 Å². The maximum Gasteiger partial charge on any atom is 0.407 e. The third-order valence-electron chi connectivity index (χ3n) is 9.64. The average Bonchev–Trinajstić information content (AvgIpc) is 3.59. The van der Waals surface area contributed by atoms with E-state index >= 15 is 0 Å². The molecule has 17 heteroatoms. The Kier molecular flexibility index (Phi) is 13.4. The van der Waals surface area contributed by atoms with Gasteiger partial charge in [-0.1, -0.05) is 30.3 Å². The summed E-state index contributed by atoms with van der Waals surface area (Å²) in [4.78, 5) is 81.5. The molecule has 5 N–H and O–H groups in total. The van der Waals surface area contributed by atoms with Gasteiger partial charge in [-0.25, -0.2) is 9.18 Å². The Labute approximate surface area is 333 Å². The zero-order valence-electron chi connectivity index (χ0n) is 32.1. The van der Waals surface area contributed by atoms with Gasteiger partial charge in [0.15, 0.2) is 6.61 Å². The summed E-state index contributed by atoms with van der Waals surface area (Å²) in [6.45, 7) is 3.27. The average molecular weight is 801 g/mol. The van der Waals surface area contributed by atoms with Crippen molar-refractivity contribution in [3.8, 4) is 22.8 Å². The number of aromatic amines is 1. The maximum atomic E-state index is 13.9. The second-order valence-electron chi connectivity index (χ2n) is 13.6. The molecule has 3 unspecified atom stereocenters.